The Bertz CT molecular complexity index is 304. The molecule has 2 N–H and O–H groups in total. The average Bonchev–Trinajstić information content (AvgIpc) is 2.30. The highest BCUT2D eigenvalue weighted by molar-refractivity contribution is 5.34. The smallest absolute Gasteiger partial charge is 0.0528 e. The van der Waals surface area contributed by atoms with Crippen LogP contribution >= 0.6 is 0 Å². The van der Waals surface area contributed by atoms with Crippen molar-refractivity contribution >= 4 is 0 Å². The van der Waals surface area contributed by atoms with E-state index in [0.717, 1.165) is 12.8 Å². The van der Waals surface area contributed by atoms with Gasteiger partial charge in [0.2, 0.25) is 0 Å². The second-order valence-corrected chi connectivity index (χ2v) is 4.28. The number of hydrogen-bond donors (Lipinski definition) is 2. The number of aliphatic hydroxyl groups is 1. The van der Waals surface area contributed by atoms with Crippen molar-refractivity contribution in [2.45, 2.75) is 38.5 Å². The van der Waals surface area contributed by atoms with Crippen LogP contribution in [0.2, 0.25) is 0 Å². The van der Waals surface area contributed by atoms with Crippen LogP contribution in [0.1, 0.15) is 36.2 Å². The highest BCUT2D eigenvalue weighted by Gasteiger charge is 2.39. The molecule has 1 aliphatic carbocycles. The number of hydrogen-bond acceptors (Lipinski definition) is 1. The number of aryl methyl sites for hydroxylation is 2. The van der Waals surface area contributed by atoms with Crippen molar-refractivity contribution in [1.82, 2.24) is 4.98 Å². The minimum atomic E-state index is 0.0921. The van der Waals surface area contributed by atoms with Gasteiger partial charge in [0.15, 0.2) is 0 Å². The van der Waals surface area contributed by atoms with E-state index < -0.39 is 0 Å². The molecular weight excluding hydrogens is 162 g/mol. The van der Waals surface area contributed by atoms with Crippen LogP contribution in [-0.4, -0.2) is 16.7 Å². The topological polar surface area (TPSA) is 36.0 Å². The zero-order valence-electron chi connectivity index (χ0n) is 8.35. The molecule has 0 unspecified atom stereocenters. The second-order valence-electron chi connectivity index (χ2n) is 4.28. The van der Waals surface area contributed by atoms with E-state index in [2.05, 4.69) is 24.9 Å². The molecule has 13 heavy (non-hydrogen) atoms. The summed E-state index contributed by atoms with van der Waals surface area (Å²) in [6.45, 7) is 4.46. The quantitative estimate of drug-likeness (QED) is 0.716. The molecule has 2 nitrogen and oxygen atoms in total. The predicted molar refractivity (Wildman–Crippen MR) is 52.9 cm³/mol. The molecule has 72 valence electrons. The van der Waals surface area contributed by atoms with E-state index in [0.29, 0.717) is 6.61 Å². The molecule has 1 aliphatic rings. The first-order valence-electron chi connectivity index (χ1n) is 4.95. The summed E-state index contributed by atoms with van der Waals surface area (Å²) < 4.78 is 0. The van der Waals surface area contributed by atoms with Gasteiger partial charge in [-0.3, -0.25) is 0 Å². The van der Waals surface area contributed by atoms with Gasteiger partial charge in [0.25, 0.3) is 0 Å². The van der Waals surface area contributed by atoms with Gasteiger partial charge in [0.05, 0.1) is 6.61 Å². The van der Waals surface area contributed by atoms with Crippen molar-refractivity contribution in [3.8, 4) is 0 Å². The van der Waals surface area contributed by atoms with Crippen molar-refractivity contribution in [3.05, 3.63) is 23.0 Å². The Balaban J connectivity index is 2.37. The molecule has 0 aliphatic heterocycles. The maximum absolute atomic E-state index is 9.41. The Morgan fingerprint density at radius 2 is 2.15 bits per heavy atom. The third-order valence-corrected chi connectivity index (χ3v) is 3.33. The van der Waals surface area contributed by atoms with Crippen LogP contribution in [0.15, 0.2) is 6.07 Å². The number of nitrogens with one attached hydrogen (secondary N) is 1. The molecule has 1 aromatic rings. The lowest BCUT2D eigenvalue weighted by Crippen LogP contribution is -2.38. The summed E-state index contributed by atoms with van der Waals surface area (Å²) in [6, 6.07) is 2.19. The van der Waals surface area contributed by atoms with E-state index in [-0.39, 0.29) is 5.41 Å². The molecule has 1 saturated carbocycles. The number of H-pyrrole nitrogens is 1. The van der Waals surface area contributed by atoms with E-state index in [9.17, 15) is 5.11 Å². The van der Waals surface area contributed by atoms with Crippen molar-refractivity contribution in [2.24, 2.45) is 0 Å². The van der Waals surface area contributed by atoms with Gasteiger partial charge in [-0.1, -0.05) is 6.42 Å². The molecule has 0 bridgehead atoms. The molecule has 0 spiro atoms. The highest BCUT2D eigenvalue weighted by Crippen LogP contribution is 2.44. The van der Waals surface area contributed by atoms with Gasteiger partial charge in [0.1, 0.15) is 0 Å². The van der Waals surface area contributed by atoms with Crippen molar-refractivity contribution in [3.63, 3.8) is 0 Å². The van der Waals surface area contributed by atoms with Crippen LogP contribution in [0, 0.1) is 13.8 Å². The Morgan fingerprint density at radius 3 is 2.46 bits per heavy atom. The number of aromatic nitrogens is 1. The van der Waals surface area contributed by atoms with E-state index >= 15 is 0 Å². The maximum Gasteiger partial charge on any atom is 0.0528 e. The fourth-order valence-corrected chi connectivity index (χ4v) is 2.39. The maximum atomic E-state index is 9.41. The molecule has 2 heteroatoms. The van der Waals surface area contributed by atoms with Crippen LogP contribution in [0.4, 0.5) is 0 Å². The van der Waals surface area contributed by atoms with E-state index in [4.69, 9.17) is 0 Å². The normalized spacial score (nSPS) is 19.9. The minimum absolute atomic E-state index is 0.0921. The summed E-state index contributed by atoms with van der Waals surface area (Å²) >= 11 is 0. The Hall–Kier alpha value is -0.760. The second kappa shape index (κ2) is 2.88. The molecule has 2 rings (SSSR count). The van der Waals surface area contributed by atoms with Gasteiger partial charge >= 0.3 is 0 Å². The van der Waals surface area contributed by atoms with E-state index in [1.807, 2.05) is 0 Å². The first kappa shape index (κ1) is 8.82. The van der Waals surface area contributed by atoms with Crippen LogP contribution in [0.5, 0.6) is 0 Å². The zero-order valence-corrected chi connectivity index (χ0v) is 8.35. The first-order valence-corrected chi connectivity index (χ1v) is 4.95. The summed E-state index contributed by atoms with van der Waals surface area (Å²) in [5, 5.41) is 9.41. The number of aromatic amines is 1. The Morgan fingerprint density at radius 1 is 1.46 bits per heavy atom. The molecule has 0 saturated heterocycles. The van der Waals surface area contributed by atoms with Gasteiger partial charge in [-0.2, -0.15) is 0 Å². The summed E-state index contributed by atoms with van der Waals surface area (Å²) in [5.41, 5.74) is 3.85. The van der Waals surface area contributed by atoms with Crippen LogP contribution in [-0.2, 0) is 5.41 Å². The summed E-state index contributed by atoms with van der Waals surface area (Å²) in [7, 11) is 0. The van der Waals surface area contributed by atoms with Crippen molar-refractivity contribution in [1.29, 1.82) is 0 Å². The minimum Gasteiger partial charge on any atom is -0.395 e. The summed E-state index contributed by atoms with van der Waals surface area (Å²) in [5.74, 6) is 0. The van der Waals surface area contributed by atoms with Gasteiger partial charge in [-0.05, 0) is 38.3 Å². The first-order chi connectivity index (χ1) is 6.18. The molecule has 1 heterocycles. The van der Waals surface area contributed by atoms with Crippen LogP contribution in [0.25, 0.3) is 0 Å². The molecule has 0 amide bonds. The van der Waals surface area contributed by atoms with Gasteiger partial charge in [-0.25, -0.2) is 0 Å². The van der Waals surface area contributed by atoms with Crippen LogP contribution in [0.3, 0.4) is 0 Å². The SMILES string of the molecule is Cc1cc(C2(CO)CCC2)c(C)[nH]1. The molecule has 1 aromatic heterocycles. The molecule has 0 aromatic carbocycles. The third-order valence-electron chi connectivity index (χ3n) is 3.33. The Labute approximate surface area is 79.0 Å². The summed E-state index contributed by atoms with van der Waals surface area (Å²) in [4.78, 5) is 3.30. The van der Waals surface area contributed by atoms with E-state index in [1.54, 1.807) is 0 Å². The molecular formula is C11H17NO. The molecule has 0 atom stereocenters. The van der Waals surface area contributed by atoms with Gasteiger partial charge in [-0.15, -0.1) is 0 Å². The third kappa shape index (κ3) is 1.20. The highest BCUT2D eigenvalue weighted by atomic mass is 16.3. The largest absolute Gasteiger partial charge is 0.395 e. The fourth-order valence-electron chi connectivity index (χ4n) is 2.39. The lowest BCUT2D eigenvalue weighted by molar-refractivity contribution is 0.119. The van der Waals surface area contributed by atoms with Crippen molar-refractivity contribution < 1.29 is 5.11 Å². The van der Waals surface area contributed by atoms with Crippen LogP contribution < -0.4 is 0 Å². The molecule has 0 radical (unpaired) electrons. The lowest BCUT2D eigenvalue weighted by Gasteiger charge is -2.40. The lowest BCUT2D eigenvalue weighted by atomic mass is 9.65. The van der Waals surface area contributed by atoms with Crippen molar-refractivity contribution in [2.75, 3.05) is 6.61 Å². The fraction of sp³-hybridized carbons (Fsp3) is 0.636. The van der Waals surface area contributed by atoms with Gasteiger partial charge < -0.3 is 10.1 Å². The van der Waals surface area contributed by atoms with E-state index in [1.165, 1.54) is 23.4 Å². The monoisotopic (exact) mass is 179 g/mol. The average molecular weight is 179 g/mol. The van der Waals surface area contributed by atoms with Gasteiger partial charge in [0, 0.05) is 16.8 Å². The molecule has 1 fully saturated rings. The number of rotatable bonds is 2. The standard InChI is InChI=1S/C11H17NO/c1-8-6-10(9(2)12-8)11(7-13)4-3-5-11/h6,12-13H,3-5,7H2,1-2H3. The zero-order chi connectivity index (χ0) is 9.47. The summed E-state index contributed by atoms with van der Waals surface area (Å²) in [6.07, 6.45) is 3.54. The number of aliphatic hydroxyl groups excluding tert-OH is 1. The predicted octanol–water partition coefficient (Wildman–Crippen LogP) is 2.05. The Kier molecular flexibility index (Phi) is 1.95.